The Kier molecular flexibility index (Phi) is 3.66. The van der Waals surface area contributed by atoms with Crippen molar-refractivity contribution in [2.24, 2.45) is 0 Å². The smallest absolute Gasteiger partial charge is 0.161 e. The number of anilines is 1. The molecule has 2 rings (SSSR count). The number of aliphatic hydroxyl groups excluding tert-OH is 1. The second-order valence-corrected chi connectivity index (χ2v) is 4.85. The van der Waals surface area contributed by atoms with E-state index in [0.717, 1.165) is 25.1 Å². The van der Waals surface area contributed by atoms with Crippen LogP contribution in [0.15, 0.2) is 12.1 Å². The highest BCUT2D eigenvalue weighted by molar-refractivity contribution is 6.00. The van der Waals surface area contributed by atoms with Crippen molar-refractivity contribution >= 4 is 11.5 Å². The molecule has 98 valence electrons. The first-order chi connectivity index (χ1) is 8.54. The van der Waals surface area contributed by atoms with Crippen molar-refractivity contribution < 1.29 is 14.3 Å². The van der Waals surface area contributed by atoms with Gasteiger partial charge in [-0.25, -0.2) is 4.39 Å². The normalized spacial score (nSPS) is 19.3. The molecule has 1 aliphatic rings. The van der Waals surface area contributed by atoms with E-state index in [9.17, 15) is 14.3 Å². The number of ketones is 1. The molecule has 0 saturated carbocycles. The van der Waals surface area contributed by atoms with E-state index in [1.807, 2.05) is 4.90 Å². The van der Waals surface area contributed by atoms with E-state index in [2.05, 4.69) is 0 Å². The van der Waals surface area contributed by atoms with Gasteiger partial charge in [0.25, 0.3) is 0 Å². The van der Waals surface area contributed by atoms with Crippen molar-refractivity contribution in [1.29, 1.82) is 0 Å². The maximum atomic E-state index is 13.6. The summed E-state index contributed by atoms with van der Waals surface area (Å²) in [6, 6.07) is 3.05. The zero-order chi connectivity index (χ0) is 13.3. The fourth-order valence-corrected chi connectivity index (χ4v) is 2.53. The first-order valence-electron chi connectivity index (χ1n) is 6.23. The van der Waals surface area contributed by atoms with Crippen molar-refractivity contribution in [3.8, 4) is 0 Å². The van der Waals surface area contributed by atoms with Crippen molar-refractivity contribution in [2.75, 3.05) is 18.1 Å². The third kappa shape index (κ3) is 2.25. The Morgan fingerprint density at radius 3 is 2.89 bits per heavy atom. The Hall–Kier alpha value is -1.42. The number of carbonyl (C=O) groups excluding carboxylic acids is 1. The lowest BCUT2D eigenvalue weighted by Crippen LogP contribution is -2.33. The number of aliphatic hydroxyl groups is 1. The molecule has 1 heterocycles. The second-order valence-electron chi connectivity index (χ2n) is 4.85. The number of benzene rings is 1. The summed E-state index contributed by atoms with van der Waals surface area (Å²) in [7, 11) is 0. The summed E-state index contributed by atoms with van der Waals surface area (Å²) in [6.07, 6.45) is 1.89. The number of hydrogen-bond acceptors (Lipinski definition) is 3. The number of aryl methyl sites for hydroxylation is 1. The van der Waals surface area contributed by atoms with Crippen molar-refractivity contribution in [3.05, 3.63) is 29.1 Å². The molecule has 1 aliphatic heterocycles. The van der Waals surface area contributed by atoms with Crippen LogP contribution in [-0.4, -0.2) is 30.1 Å². The lowest BCUT2D eigenvalue weighted by atomic mass is 10.0. The Bertz CT molecular complexity index is 473. The lowest BCUT2D eigenvalue weighted by molar-refractivity contribution is 0.101. The minimum Gasteiger partial charge on any atom is -0.394 e. The average molecular weight is 251 g/mol. The topological polar surface area (TPSA) is 40.5 Å². The SMILES string of the molecule is CC(=O)c1cc(F)c(C)cc1N1CCCC1CO. The van der Waals surface area contributed by atoms with E-state index in [1.54, 1.807) is 13.0 Å². The molecule has 4 heteroatoms. The molecule has 1 aromatic carbocycles. The van der Waals surface area contributed by atoms with Crippen molar-refractivity contribution in [1.82, 2.24) is 0 Å². The van der Waals surface area contributed by atoms with Crippen LogP contribution in [-0.2, 0) is 0 Å². The first kappa shape index (κ1) is 13.0. The van der Waals surface area contributed by atoms with E-state index < -0.39 is 0 Å². The largest absolute Gasteiger partial charge is 0.394 e. The highest BCUT2D eigenvalue weighted by Gasteiger charge is 2.27. The van der Waals surface area contributed by atoms with Gasteiger partial charge < -0.3 is 10.0 Å². The standard InChI is InChI=1S/C14H18FNO2/c1-9-6-14(12(10(2)18)7-13(9)15)16-5-3-4-11(16)8-17/h6-7,11,17H,3-5,8H2,1-2H3. The molecule has 1 unspecified atom stereocenters. The Balaban J connectivity index is 2.48. The molecule has 1 N–H and O–H groups in total. The van der Waals surface area contributed by atoms with Gasteiger partial charge in [0.05, 0.1) is 12.6 Å². The van der Waals surface area contributed by atoms with Crippen LogP contribution in [0.2, 0.25) is 0 Å². The van der Waals surface area contributed by atoms with E-state index in [0.29, 0.717) is 11.1 Å². The molecule has 0 aliphatic carbocycles. The van der Waals surface area contributed by atoms with Gasteiger partial charge in [0.1, 0.15) is 5.82 Å². The van der Waals surface area contributed by atoms with Crippen LogP contribution in [0.3, 0.4) is 0 Å². The van der Waals surface area contributed by atoms with Crippen LogP contribution >= 0.6 is 0 Å². The van der Waals surface area contributed by atoms with Gasteiger partial charge in [-0.05, 0) is 44.4 Å². The molecule has 18 heavy (non-hydrogen) atoms. The third-order valence-corrected chi connectivity index (χ3v) is 3.55. The minimum atomic E-state index is -0.358. The van der Waals surface area contributed by atoms with Crippen LogP contribution < -0.4 is 4.90 Å². The zero-order valence-electron chi connectivity index (χ0n) is 10.7. The van der Waals surface area contributed by atoms with Crippen LogP contribution in [0.25, 0.3) is 0 Å². The van der Waals surface area contributed by atoms with Gasteiger partial charge in [0, 0.05) is 17.8 Å². The number of carbonyl (C=O) groups is 1. The van der Waals surface area contributed by atoms with Gasteiger partial charge in [-0.2, -0.15) is 0 Å². The maximum Gasteiger partial charge on any atom is 0.161 e. The van der Waals surface area contributed by atoms with Gasteiger partial charge in [0.15, 0.2) is 5.78 Å². The molecule has 3 nitrogen and oxygen atoms in total. The Labute approximate surface area is 106 Å². The van der Waals surface area contributed by atoms with Crippen molar-refractivity contribution in [2.45, 2.75) is 32.7 Å². The molecule has 1 aromatic rings. The molecule has 1 atom stereocenters. The van der Waals surface area contributed by atoms with Crippen LogP contribution in [0.1, 0.15) is 35.7 Å². The summed E-state index contributed by atoms with van der Waals surface area (Å²) in [5.74, 6) is -0.504. The molecular weight excluding hydrogens is 233 g/mol. The fourth-order valence-electron chi connectivity index (χ4n) is 2.53. The number of hydrogen-bond donors (Lipinski definition) is 1. The zero-order valence-corrected chi connectivity index (χ0v) is 10.7. The maximum absolute atomic E-state index is 13.6. The molecule has 0 amide bonds. The average Bonchev–Trinajstić information content (AvgIpc) is 2.79. The van der Waals surface area contributed by atoms with Gasteiger partial charge in [-0.3, -0.25) is 4.79 Å². The van der Waals surface area contributed by atoms with E-state index in [4.69, 9.17) is 0 Å². The van der Waals surface area contributed by atoms with E-state index in [1.165, 1.54) is 13.0 Å². The Morgan fingerprint density at radius 2 is 2.28 bits per heavy atom. The molecule has 1 saturated heterocycles. The monoisotopic (exact) mass is 251 g/mol. The van der Waals surface area contributed by atoms with E-state index >= 15 is 0 Å². The minimum absolute atomic E-state index is 0.0351. The number of halogens is 1. The summed E-state index contributed by atoms with van der Waals surface area (Å²) in [5, 5.41) is 9.35. The van der Waals surface area contributed by atoms with Gasteiger partial charge in [-0.1, -0.05) is 0 Å². The highest BCUT2D eigenvalue weighted by Crippen LogP contribution is 2.31. The highest BCUT2D eigenvalue weighted by atomic mass is 19.1. The summed E-state index contributed by atoms with van der Waals surface area (Å²) in [5.41, 5.74) is 1.68. The summed E-state index contributed by atoms with van der Waals surface area (Å²) >= 11 is 0. The molecule has 0 spiro atoms. The van der Waals surface area contributed by atoms with Gasteiger partial charge >= 0.3 is 0 Å². The van der Waals surface area contributed by atoms with Crippen LogP contribution in [0.5, 0.6) is 0 Å². The summed E-state index contributed by atoms with van der Waals surface area (Å²) in [4.78, 5) is 13.6. The second kappa shape index (κ2) is 5.06. The third-order valence-electron chi connectivity index (χ3n) is 3.55. The van der Waals surface area contributed by atoms with Crippen LogP contribution in [0.4, 0.5) is 10.1 Å². The lowest BCUT2D eigenvalue weighted by Gasteiger charge is -2.27. The molecule has 0 bridgehead atoms. The molecule has 1 fully saturated rings. The number of Topliss-reactive ketones (excluding diaryl/α,β-unsaturated/α-hetero) is 1. The predicted molar refractivity (Wildman–Crippen MR) is 68.6 cm³/mol. The fraction of sp³-hybridized carbons (Fsp3) is 0.500. The first-order valence-corrected chi connectivity index (χ1v) is 6.23. The molecule has 0 aromatic heterocycles. The van der Waals surface area contributed by atoms with Crippen LogP contribution in [0, 0.1) is 12.7 Å². The van der Waals surface area contributed by atoms with Crippen molar-refractivity contribution in [3.63, 3.8) is 0 Å². The molecule has 0 radical (unpaired) electrons. The summed E-state index contributed by atoms with van der Waals surface area (Å²) in [6.45, 7) is 3.99. The van der Waals surface area contributed by atoms with E-state index in [-0.39, 0.29) is 24.2 Å². The van der Waals surface area contributed by atoms with Gasteiger partial charge in [0.2, 0.25) is 0 Å². The Morgan fingerprint density at radius 1 is 1.56 bits per heavy atom. The van der Waals surface area contributed by atoms with Gasteiger partial charge in [-0.15, -0.1) is 0 Å². The number of nitrogens with zero attached hydrogens (tertiary/aromatic N) is 1. The molecular formula is C14H18FNO2. The number of rotatable bonds is 3. The summed E-state index contributed by atoms with van der Waals surface area (Å²) < 4.78 is 13.6. The predicted octanol–water partition coefficient (Wildman–Crippen LogP) is 2.30. The quantitative estimate of drug-likeness (QED) is 0.838.